The molecule has 1 aliphatic heterocycles. The maximum Gasteiger partial charge on any atom is 0.245 e. The van der Waals surface area contributed by atoms with Crippen LogP contribution in [0.25, 0.3) is 0 Å². The van der Waals surface area contributed by atoms with E-state index in [2.05, 4.69) is 17.4 Å². The molecule has 0 saturated carbocycles. The first-order chi connectivity index (χ1) is 14.1. The minimum Gasteiger partial charge on any atom is -0.343 e. The number of nitrogens with zero attached hydrogens (tertiary/aromatic N) is 1. The van der Waals surface area contributed by atoms with Gasteiger partial charge in [-0.1, -0.05) is 54.6 Å². The van der Waals surface area contributed by atoms with Crippen molar-refractivity contribution in [1.82, 2.24) is 10.2 Å². The van der Waals surface area contributed by atoms with E-state index in [0.717, 1.165) is 17.5 Å². The van der Waals surface area contributed by atoms with Crippen LogP contribution >= 0.6 is 0 Å². The van der Waals surface area contributed by atoms with Gasteiger partial charge in [-0.2, -0.15) is 0 Å². The van der Waals surface area contributed by atoms with Crippen LogP contribution in [-0.2, 0) is 29.0 Å². The van der Waals surface area contributed by atoms with E-state index in [0.29, 0.717) is 38.9 Å². The van der Waals surface area contributed by atoms with Gasteiger partial charge in [0, 0.05) is 13.1 Å². The van der Waals surface area contributed by atoms with E-state index in [1.165, 1.54) is 5.56 Å². The van der Waals surface area contributed by atoms with Crippen molar-refractivity contribution in [1.29, 1.82) is 0 Å². The van der Waals surface area contributed by atoms with Crippen LogP contribution in [0.3, 0.4) is 0 Å². The molecule has 3 rings (SSSR count). The third-order valence-electron chi connectivity index (χ3n) is 5.39. The first-order valence-corrected chi connectivity index (χ1v) is 10.2. The number of rotatable bonds is 8. The van der Waals surface area contributed by atoms with Gasteiger partial charge in [-0.15, -0.1) is 0 Å². The summed E-state index contributed by atoms with van der Waals surface area (Å²) in [4.78, 5) is 27.7. The Bertz CT molecular complexity index is 825. The minimum absolute atomic E-state index is 0.0618. The Morgan fingerprint density at radius 1 is 1.03 bits per heavy atom. The molecule has 154 valence electrons. The molecular weight excluding hydrogens is 364 g/mol. The molecule has 1 unspecified atom stereocenters. The molecule has 0 saturated heterocycles. The molecule has 6 nitrogen and oxygen atoms in total. The Morgan fingerprint density at radius 3 is 2.45 bits per heavy atom. The number of hydrogen-bond acceptors (Lipinski definition) is 4. The lowest BCUT2D eigenvalue weighted by Crippen LogP contribution is -2.53. The second-order valence-corrected chi connectivity index (χ2v) is 7.57. The number of carbonyl (C=O) groups is 2. The van der Waals surface area contributed by atoms with Crippen molar-refractivity contribution < 1.29 is 9.59 Å². The first kappa shape index (κ1) is 21.0. The molecule has 0 aromatic heterocycles. The van der Waals surface area contributed by atoms with E-state index in [1.807, 2.05) is 47.4 Å². The Hall–Kier alpha value is -2.70. The molecule has 29 heavy (non-hydrogen) atoms. The molecular formula is C23H30N4O2. The highest BCUT2D eigenvalue weighted by Gasteiger charge is 2.29. The van der Waals surface area contributed by atoms with E-state index >= 15 is 0 Å². The number of nitrogens with two attached hydrogens (primary N) is 2. The normalized spacial score (nSPS) is 15.3. The Morgan fingerprint density at radius 2 is 1.72 bits per heavy atom. The van der Waals surface area contributed by atoms with Gasteiger partial charge in [0.1, 0.15) is 6.04 Å². The standard InChI is InChI=1S/C23H30N4O2/c24-13-6-11-21(26-22(28)20(25)15-17-7-2-1-3-8-17)23(29)27-14-12-18-9-4-5-10-19(18)16-27/h1-5,7-10,20-21H,6,11-16,24-25H2,(H,26,28)/t20?,21-/m0/s1. The van der Waals surface area contributed by atoms with E-state index in [1.54, 1.807) is 0 Å². The van der Waals surface area contributed by atoms with Crippen LogP contribution in [0.4, 0.5) is 0 Å². The molecule has 1 aliphatic rings. The fourth-order valence-electron chi connectivity index (χ4n) is 3.72. The predicted molar refractivity (Wildman–Crippen MR) is 114 cm³/mol. The van der Waals surface area contributed by atoms with Crippen molar-refractivity contribution in [2.75, 3.05) is 13.1 Å². The van der Waals surface area contributed by atoms with Gasteiger partial charge in [-0.25, -0.2) is 0 Å². The number of hydrogen-bond donors (Lipinski definition) is 3. The fraction of sp³-hybridized carbons (Fsp3) is 0.391. The minimum atomic E-state index is -0.701. The summed E-state index contributed by atoms with van der Waals surface area (Å²) in [6, 6.07) is 16.5. The summed E-state index contributed by atoms with van der Waals surface area (Å²) >= 11 is 0. The highest BCUT2D eigenvalue weighted by Crippen LogP contribution is 2.19. The smallest absolute Gasteiger partial charge is 0.245 e. The molecule has 0 spiro atoms. The van der Waals surface area contributed by atoms with E-state index in [9.17, 15) is 9.59 Å². The molecule has 0 fully saturated rings. The molecule has 2 atom stereocenters. The second-order valence-electron chi connectivity index (χ2n) is 7.57. The molecule has 2 aromatic carbocycles. The van der Waals surface area contributed by atoms with Gasteiger partial charge in [0.05, 0.1) is 6.04 Å². The monoisotopic (exact) mass is 394 g/mol. The lowest BCUT2D eigenvalue weighted by atomic mass is 9.98. The molecule has 2 amide bonds. The zero-order valence-corrected chi connectivity index (χ0v) is 16.7. The number of carbonyl (C=O) groups excluding carboxylic acids is 2. The summed E-state index contributed by atoms with van der Waals surface area (Å²) in [6.45, 7) is 1.69. The summed E-state index contributed by atoms with van der Waals surface area (Å²) in [7, 11) is 0. The molecule has 0 bridgehead atoms. The van der Waals surface area contributed by atoms with Gasteiger partial charge in [0.15, 0.2) is 0 Å². The largest absolute Gasteiger partial charge is 0.343 e. The SMILES string of the molecule is NCCC[C@H](NC(=O)C(N)Cc1ccccc1)C(=O)N1CCc2ccccc2C1. The Kier molecular flexibility index (Phi) is 7.38. The highest BCUT2D eigenvalue weighted by molar-refractivity contribution is 5.90. The zero-order valence-electron chi connectivity index (χ0n) is 16.7. The van der Waals surface area contributed by atoms with E-state index in [4.69, 9.17) is 11.5 Å². The number of benzene rings is 2. The summed E-state index contributed by atoms with van der Waals surface area (Å²) in [5.74, 6) is -0.366. The number of amides is 2. The zero-order chi connectivity index (χ0) is 20.6. The molecule has 6 heteroatoms. The van der Waals surface area contributed by atoms with Crippen molar-refractivity contribution in [2.45, 2.75) is 44.3 Å². The molecule has 0 aliphatic carbocycles. The van der Waals surface area contributed by atoms with Crippen LogP contribution < -0.4 is 16.8 Å². The third-order valence-corrected chi connectivity index (χ3v) is 5.39. The molecule has 0 radical (unpaired) electrons. The van der Waals surface area contributed by atoms with Crippen molar-refractivity contribution in [3.63, 3.8) is 0 Å². The van der Waals surface area contributed by atoms with Gasteiger partial charge in [-0.3, -0.25) is 9.59 Å². The maximum absolute atomic E-state index is 13.2. The van der Waals surface area contributed by atoms with Crippen LogP contribution in [0.2, 0.25) is 0 Å². The first-order valence-electron chi connectivity index (χ1n) is 10.2. The van der Waals surface area contributed by atoms with Crippen LogP contribution in [-0.4, -0.2) is 41.9 Å². The average Bonchev–Trinajstić information content (AvgIpc) is 2.76. The Labute approximate surface area is 172 Å². The molecule has 1 heterocycles. The van der Waals surface area contributed by atoms with Crippen LogP contribution in [0.1, 0.15) is 29.5 Å². The lowest BCUT2D eigenvalue weighted by Gasteiger charge is -2.32. The predicted octanol–water partition coefficient (Wildman–Crippen LogP) is 1.37. The fourth-order valence-corrected chi connectivity index (χ4v) is 3.72. The third kappa shape index (κ3) is 5.65. The van der Waals surface area contributed by atoms with Crippen molar-refractivity contribution in [3.8, 4) is 0 Å². The molecule has 2 aromatic rings. The van der Waals surface area contributed by atoms with Crippen molar-refractivity contribution >= 4 is 11.8 Å². The summed E-state index contributed by atoms with van der Waals surface area (Å²) < 4.78 is 0. The highest BCUT2D eigenvalue weighted by atomic mass is 16.2. The number of nitrogens with one attached hydrogen (secondary N) is 1. The van der Waals surface area contributed by atoms with Gasteiger partial charge >= 0.3 is 0 Å². The topological polar surface area (TPSA) is 101 Å². The van der Waals surface area contributed by atoms with Gasteiger partial charge in [0.25, 0.3) is 0 Å². The number of fused-ring (bicyclic) bond motifs is 1. The summed E-state index contributed by atoms with van der Waals surface area (Å²) in [6.07, 6.45) is 2.43. The quantitative estimate of drug-likeness (QED) is 0.629. The van der Waals surface area contributed by atoms with Gasteiger partial charge in [-0.05, 0) is 48.9 Å². The van der Waals surface area contributed by atoms with Gasteiger partial charge < -0.3 is 21.7 Å². The molecule has 5 N–H and O–H groups in total. The lowest BCUT2D eigenvalue weighted by molar-refractivity contribution is -0.137. The van der Waals surface area contributed by atoms with Crippen LogP contribution in [0.5, 0.6) is 0 Å². The van der Waals surface area contributed by atoms with Crippen molar-refractivity contribution in [3.05, 3.63) is 71.3 Å². The summed E-state index contributed by atoms with van der Waals surface area (Å²) in [5.41, 5.74) is 15.2. The van der Waals surface area contributed by atoms with Crippen molar-refractivity contribution in [2.24, 2.45) is 11.5 Å². The average molecular weight is 395 g/mol. The second kappa shape index (κ2) is 10.2. The van der Waals surface area contributed by atoms with Crippen LogP contribution in [0.15, 0.2) is 54.6 Å². The summed E-state index contributed by atoms with van der Waals surface area (Å²) in [5, 5.41) is 2.88. The van der Waals surface area contributed by atoms with E-state index < -0.39 is 12.1 Å². The van der Waals surface area contributed by atoms with Gasteiger partial charge in [0.2, 0.25) is 11.8 Å². The van der Waals surface area contributed by atoms with E-state index in [-0.39, 0.29) is 11.8 Å². The maximum atomic E-state index is 13.2. The Balaban J connectivity index is 1.64. The van der Waals surface area contributed by atoms with Crippen LogP contribution in [0, 0.1) is 0 Å².